The van der Waals surface area contributed by atoms with Crippen LogP contribution in [0.3, 0.4) is 0 Å². The molecule has 0 saturated carbocycles. The van der Waals surface area contributed by atoms with Crippen LogP contribution in [0.1, 0.15) is 25.5 Å². The molecule has 0 aromatic heterocycles. The molecule has 0 spiro atoms. The van der Waals surface area contributed by atoms with Gasteiger partial charge in [-0.2, -0.15) is 0 Å². The maximum absolute atomic E-state index is 13.5. The van der Waals surface area contributed by atoms with E-state index in [-0.39, 0.29) is 16.5 Å². The van der Waals surface area contributed by atoms with Crippen molar-refractivity contribution in [2.75, 3.05) is 0 Å². The number of carboxylic acid groups (broad SMARTS) is 1. The molecule has 0 heterocycles. The number of aliphatic carboxylic acids is 1. The van der Waals surface area contributed by atoms with Crippen molar-refractivity contribution < 1.29 is 19.4 Å². The highest BCUT2D eigenvalue weighted by atomic mass is 35.5. The molecule has 2 unspecified atom stereocenters. The highest BCUT2D eigenvalue weighted by Gasteiger charge is 2.32. The van der Waals surface area contributed by atoms with Gasteiger partial charge in [0.15, 0.2) is 0 Å². The van der Waals surface area contributed by atoms with E-state index < -0.39 is 23.8 Å². The van der Waals surface area contributed by atoms with Crippen LogP contribution in [0.2, 0.25) is 5.02 Å². The Morgan fingerprint density at radius 3 is 2.47 bits per heavy atom. The van der Waals surface area contributed by atoms with Gasteiger partial charge < -0.3 is 10.2 Å². The molecule has 0 aliphatic carbocycles. The van der Waals surface area contributed by atoms with Gasteiger partial charge >= 0.3 is 5.97 Å². The van der Waals surface area contributed by atoms with Gasteiger partial charge in [0.2, 0.25) is 0 Å². The molecule has 0 amide bonds. The first-order valence-corrected chi connectivity index (χ1v) is 5.58. The minimum absolute atomic E-state index is 0.0846. The lowest BCUT2D eigenvalue weighted by Gasteiger charge is -2.23. The fourth-order valence-corrected chi connectivity index (χ4v) is 1.90. The van der Waals surface area contributed by atoms with Crippen molar-refractivity contribution >= 4 is 17.6 Å². The Labute approximate surface area is 104 Å². The van der Waals surface area contributed by atoms with E-state index in [1.54, 1.807) is 13.8 Å². The summed E-state index contributed by atoms with van der Waals surface area (Å²) in [4.78, 5) is 11.0. The predicted molar refractivity (Wildman–Crippen MR) is 62.3 cm³/mol. The van der Waals surface area contributed by atoms with Crippen molar-refractivity contribution in [3.05, 3.63) is 34.6 Å². The Kier molecular flexibility index (Phi) is 4.48. The first kappa shape index (κ1) is 13.9. The quantitative estimate of drug-likeness (QED) is 0.875. The lowest BCUT2D eigenvalue weighted by molar-refractivity contribution is -0.148. The highest BCUT2D eigenvalue weighted by molar-refractivity contribution is 6.30. The molecule has 5 heteroatoms. The zero-order chi connectivity index (χ0) is 13.2. The number of hydrogen-bond acceptors (Lipinski definition) is 2. The van der Waals surface area contributed by atoms with Crippen LogP contribution in [0, 0.1) is 17.7 Å². The van der Waals surface area contributed by atoms with Crippen LogP contribution in [-0.4, -0.2) is 16.2 Å². The maximum atomic E-state index is 13.5. The van der Waals surface area contributed by atoms with Crippen LogP contribution in [-0.2, 0) is 4.79 Å². The highest BCUT2D eigenvalue weighted by Crippen LogP contribution is 2.31. The average molecular weight is 261 g/mol. The minimum Gasteiger partial charge on any atom is -0.481 e. The fraction of sp³-hybridized carbons (Fsp3) is 0.417. The molecule has 3 nitrogen and oxygen atoms in total. The number of carboxylic acids is 1. The molecule has 1 rings (SSSR count). The van der Waals surface area contributed by atoms with E-state index in [2.05, 4.69) is 0 Å². The van der Waals surface area contributed by atoms with Crippen LogP contribution >= 0.6 is 11.6 Å². The van der Waals surface area contributed by atoms with Crippen molar-refractivity contribution in [3.63, 3.8) is 0 Å². The summed E-state index contributed by atoms with van der Waals surface area (Å²) in [5.74, 6) is -3.20. The van der Waals surface area contributed by atoms with E-state index in [1.807, 2.05) is 0 Å². The van der Waals surface area contributed by atoms with E-state index in [4.69, 9.17) is 16.7 Å². The minimum atomic E-state index is -1.41. The molecule has 0 aliphatic rings. The lowest BCUT2D eigenvalue weighted by atomic mass is 9.86. The summed E-state index contributed by atoms with van der Waals surface area (Å²) in [6, 6.07) is 3.71. The van der Waals surface area contributed by atoms with E-state index >= 15 is 0 Å². The second-order valence-electron chi connectivity index (χ2n) is 4.22. The largest absolute Gasteiger partial charge is 0.481 e. The molecule has 0 saturated heterocycles. The Morgan fingerprint density at radius 2 is 2.00 bits per heavy atom. The van der Waals surface area contributed by atoms with Crippen LogP contribution in [0.15, 0.2) is 18.2 Å². The number of benzene rings is 1. The third kappa shape index (κ3) is 3.17. The molecule has 0 bridgehead atoms. The summed E-state index contributed by atoms with van der Waals surface area (Å²) in [7, 11) is 0. The molecule has 1 aromatic carbocycles. The number of halogens is 2. The smallest absolute Gasteiger partial charge is 0.309 e. The summed E-state index contributed by atoms with van der Waals surface area (Å²) >= 11 is 5.70. The van der Waals surface area contributed by atoms with Crippen LogP contribution in [0.25, 0.3) is 0 Å². The van der Waals surface area contributed by atoms with Crippen molar-refractivity contribution in [2.24, 2.45) is 11.8 Å². The number of rotatable bonds is 4. The van der Waals surface area contributed by atoms with Gasteiger partial charge in [-0.25, -0.2) is 4.39 Å². The van der Waals surface area contributed by atoms with Crippen molar-refractivity contribution in [2.45, 2.75) is 20.0 Å². The molecule has 2 atom stereocenters. The van der Waals surface area contributed by atoms with Crippen LogP contribution in [0.5, 0.6) is 0 Å². The molecule has 2 N–H and O–H groups in total. The topological polar surface area (TPSA) is 57.5 Å². The average Bonchev–Trinajstić information content (AvgIpc) is 2.20. The van der Waals surface area contributed by atoms with Gasteiger partial charge in [0.05, 0.1) is 12.0 Å². The first-order chi connectivity index (χ1) is 7.84. The number of carbonyl (C=O) groups is 1. The maximum Gasteiger partial charge on any atom is 0.309 e. The van der Waals surface area contributed by atoms with Gasteiger partial charge in [-0.3, -0.25) is 4.79 Å². The van der Waals surface area contributed by atoms with E-state index in [1.165, 1.54) is 12.1 Å². The summed E-state index contributed by atoms with van der Waals surface area (Å²) in [6.07, 6.45) is -1.41. The molecular weight excluding hydrogens is 247 g/mol. The number of aliphatic hydroxyl groups is 1. The van der Waals surface area contributed by atoms with Crippen molar-refractivity contribution in [1.29, 1.82) is 0 Å². The van der Waals surface area contributed by atoms with E-state index in [0.717, 1.165) is 6.07 Å². The van der Waals surface area contributed by atoms with Crippen molar-refractivity contribution in [1.82, 2.24) is 0 Å². The standard InChI is InChI=1S/C12H14ClFO3/c1-6(2)10(12(16)17)11(15)8-5-7(13)3-4-9(8)14/h3-6,10-11,15H,1-2H3,(H,16,17). The van der Waals surface area contributed by atoms with Gasteiger partial charge in [0.25, 0.3) is 0 Å². The normalized spacial score (nSPS) is 14.7. The summed E-state index contributed by atoms with van der Waals surface area (Å²) in [5.41, 5.74) is -0.0846. The van der Waals surface area contributed by atoms with Gasteiger partial charge in [0.1, 0.15) is 5.82 Å². The third-order valence-corrected chi connectivity index (χ3v) is 2.86. The molecular formula is C12H14ClFO3. The van der Waals surface area contributed by atoms with Gasteiger partial charge in [-0.15, -0.1) is 0 Å². The Hall–Kier alpha value is -1.13. The van der Waals surface area contributed by atoms with E-state index in [9.17, 15) is 14.3 Å². The van der Waals surface area contributed by atoms with Crippen molar-refractivity contribution in [3.8, 4) is 0 Å². The predicted octanol–water partition coefficient (Wildman–Crippen LogP) is 2.87. The Morgan fingerprint density at radius 1 is 1.41 bits per heavy atom. The van der Waals surface area contributed by atoms with Crippen LogP contribution < -0.4 is 0 Å². The fourth-order valence-electron chi connectivity index (χ4n) is 1.72. The van der Waals surface area contributed by atoms with Crippen LogP contribution in [0.4, 0.5) is 4.39 Å². The molecule has 1 aromatic rings. The summed E-state index contributed by atoms with van der Waals surface area (Å²) < 4.78 is 13.5. The first-order valence-electron chi connectivity index (χ1n) is 5.20. The van der Waals surface area contributed by atoms with Gasteiger partial charge in [0, 0.05) is 10.6 Å². The molecule has 0 radical (unpaired) electrons. The monoisotopic (exact) mass is 260 g/mol. The Bertz CT molecular complexity index is 420. The lowest BCUT2D eigenvalue weighted by Crippen LogP contribution is -2.27. The summed E-state index contributed by atoms with van der Waals surface area (Å²) in [6.45, 7) is 3.31. The SMILES string of the molecule is CC(C)C(C(=O)O)C(O)c1cc(Cl)ccc1F. The molecule has 0 aliphatic heterocycles. The Balaban J connectivity index is 3.13. The molecule has 0 fully saturated rings. The number of hydrogen-bond donors (Lipinski definition) is 2. The summed E-state index contributed by atoms with van der Waals surface area (Å²) in [5, 5.41) is 19.2. The molecule has 17 heavy (non-hydrogen) atoms. The number of aliphatic hydroxyl groups excluding tert-OH is 1. The zero-order valence-electron chi connectivity index (χ0n) is 9.52. The van der Waals surface area contributed by atoms with E-state index in [0.29, 0.717) is 0 Å². The second kappa shape index (κ2) is 5.47. The zero-order valence-corrected chi connectivity index (χ0v) is 10.3. The molecule has 94 valence electrons. The van der Waals surface area contributed by atoms with Gasteiger partial charge in [-0.1, -0.05) is 25.4 Å². The third-order valence-electron chi connectivity index (χ3n) is 2.62. The second-order valence-corrected chi connectivity index (χ2v) is 4.66. The van der Waals surface area contributed by atoms with Gasteiger partial charge in [-0.05, 0) is 24.1 Å².